The van der Waals surface area contributed by atoms with E-state index in [2.05, 4.69) is 104 Å². The van der Waals surface area contributed by atoms with Crippen LogP contribution in [0.1, 0.15) is 122 Å². The third-order valence-electron chi connectivity index (χ3n) is 6.79. The topological polar surface area (TPSA) is 58.2 Å². The van der Waals surface area contributed by atoms with Crippen LogP contribution in [0.25, 0.3) is 0 Å². The highest BCUT2D eigenvalue weighted by Gasteiger charge is 2.43. The van der Waals surface area contributed by atoms with Crippen LogP contribution in [0, 0.1) is 10.8 Å². The van der Waals surface area contributed by atoms with Crippen molar-refractivity contribution in [3.63, 3.8) is 0 Å². The molecular formula is C34H60N2O2S2. The lowest BCUT2D eigenvalue weighted by molar-refractivity contribution is -0.130. The predicted molar refractivity (Wildman–Crippen MR) is 179 cm³/mol. The highest BCUT2D eigenvalue weighted by Crippen LogP contribution is 2.37. The number of nitrogens with one attached hydrogen (secondary N) is 2. The molecule has 2 N–H and O–H groups in total. The summed E-state index contributed by atoms with van der Waals surface area (Å²) in [4.78, 5) is 26.8. The Morgan fingerprint density at radius 1 is 0.550 bits per heavy atom. The van der Waals surface area contributed by atoms with Crippen molar-refractivity contribution >= 4 is 35.1 Å². The van der Waals surface area contributed by atoms with Crippen LogP contribution in [-0.2, 0) is 21.1 Å². The van der Waals surface area contributed by atoms with Crippen LogP contribution in [0.2, 0.25) is 0 Å². The fourth-order valence-electron chi connectivity index (χ4n) is 4.28. The van der Waals surface area contributed by atoms with E-state index in [1.54, 1.807) is 0 Å². The first-order valence-corrected chi connectivity index (χ1v) is 16.6. The first kappa shape index (κ1) is 37.2. The van der Waals surface area contributed by atoms with Crippen LogP contribution in [0.3, 0.4) is 0 Å². The Morgan fingerprint density at radius 2 is 0.800 bits per heavy atom. The summed E-state index contributed by atoms with van der Waals surface area (Å²) in [6.45, 7) is 33.5. The molecule has 0 fully saturated rings. The van der Waals surface area contributed by atoms with E-state index in [9.17, 15) is 9.59 Å². The zero-order chi connectivity index (χ0) is 31.5. The molecule has 6 heteroatoms. The molecule has 4 nitrogen and oxygen atoms in total. The van der Waals surface area contributed by atoms with Gasteiger partial charge in [0.1, 0.15) is 0 Å². The molecular weight excluding hydrogens is 533 g/mol. The summed E-state index contributed by atoms with van der Waals surface area (Å²) in [6.07, 6.45) is 0. The minimum atomic E-state index is -0.410. The summed E-state index contributed by atoms with van der Waals surface area (Å²) >= 11 is 3.66. The molecule has 1 aromatic carbocycles. The number of Topliss-reactive ketones (excluding diaryl/α,β-unsaturated/α-hetero) is 2. The van der Waals surface area contributed by atoms with Gasteiger partial charge in [-0.25, -0.2) is 0 Å². The van der Waals surface area contributed by atoms with Gasteiger partial charge in [0.15, 0.2) is 11.6 Å². The van der Waals surface area contributed by atoms with Crippen molar-refractivity contribution in [3.05, 3.63) is 35.4 Å². The van der Waals surface area contributed by atoms with Crippen LogP contribution in [-0.4, -0.2) is 44.2 Å². The number of hydrogen-bond acceptors (Lipinski definition) is 6. The molecule has 0 aromatic heterocycles. The molecule has 40 heavy (non-hydrogen) atoms. The van der Waals surface area contributed by atoms with Gasteiger partial charge in [0.2, 0.25) is 0 Å². The molecule has 0 saturated heterocycles. The van der Waals surface area contributed by atoms with Gasteiger partial charge in [0.25, 0.3) is 0 Å². The average Bonchev–Trinajstić information content (AvgIpc) is 2.75. The second-order valence-electron chi connectivity index (χ2n) is 16.5. The maximum atomic E-state index is 13.4. The molecule has 2 atom stereocenters. The monoisotopic (exact) mass is 592 g/mol. The molecule has 0 aliphatic rings. The molecule has 1 rings (SSSR count). The molecule has 0 bridgehead atoms. The Bertz CT molecular complexity index is 904. The zero-order valence-corrected chi connectivity index (χ0v) is 30.1. The SMILES string of the molecule is CC(C)(C)NC(C(=O)C(C)(C)C)C(C)(C)SCc1ccc(CSC(C)(C)C(NC(C)(C)C)C(=O)C(C)(C)C)cc1. The van der Waals surface area contributed by atoms with Crippen molar-refractivity contribution < 1.29 is 9.59 Å². The van der Waals surface area contributed by atoms with E-state index >= 15 is 0 Å². The molecule has 2 unspecified atom stereocenters. The number of thioether (sulfide) groups is 2. The maximum absolute atomic E-state index is 13.4. The van der Waals surface area contributed by atoms with Gasteiger partial charge in [0, 0.05) is 42.9 Å². The quantitative estimate of drug-likeness (QED) is 0.254. The molecule has 0 aliphatic heterocycles. The van der Waals surface area contributed by atoms with Gasteiger partial charge in [0.05, 0.1) is 12.1 Å². The number of carbonyl (C=O) groups is 2. The van der Waals surface area contributed by atoms with Gasteiger partial charge in [-0.15, -0.1) is 23.5 Å². The fraction of sp³-hybridized carbons (Fsp3) is 0.765. The molecule has 0 radical (unpaired) electrons. The maximum Gasteiger partial charge on any atom is 0.156 e. The summed E-state index contributed by atoms with van der Waals surface area (Å²) in [5.41, 5.74) is 1.36. The van der Waals surface area contributed by atoms with Crippen molar-refractivity contribution in [1.82, 2.24) is 10.6 Å². The van der Waals surface area contributed by atoms with Gasteiger partial charge in [-0.1, -0.05) is 65.8 Å². The van der Waals surface area contributed by atoms with Gasteiger partial charge >= 0.3 is 0 Å². The number of carbonyl (C=O) groups excluding carboxylic acids is 2. The van der Waals surface area contributed by atoms with Gasteiger partial charge in [-0.3, -0.25) is 9.59 Å². The van der Waals surface area contributed by atoms with Crippen molar-refractivity contribution in [2.45, 2.75) is 155 Å². The molecule has 1 aromatic rings. The molecule has 230 valence electrons. The van der Waals surface area contributed by atoms with Gasteiger partial charge in [-0.2, -0.15) is 0 Å². The van der Waals surface area contributed by atoms with E-state index in [0.29, 0.717) is 0 Å². The normalized spacial score (nSPS) is 15.6. The molecule has 0 spiro atoms. The lowest BCUT2D eigenvalue weighted by Gasteiger charge is -2.41. The van der Waals surface area contributed by atoms with Crippen molar-refractivity contribution in [3.8, 4) is 0 Å². The van der Waals surface area contributed by atoms with E-state index in [1.165, 1.54) is 11.1 Å². The lowest BCUT2D eigenvalue weighted by atomic mass is 9.81. The largest absolute Gasteiger partial charge is 0.302 e. The van der Waals surface area contributed by atoms with Crippen LogP contribution in [0.15, 0.2) is 24.3 Å². The standard InChI is InChI=1S/C34H60N2O2S2/c1-29(2,3)27(37)25(35-31(7,8)9)33(13,14)39-21-23-17-19-24(20-18-23)22-40-34(15,16)26(36-32(10,11)12)28(38)30(4,5)6/h17-20,25-26,35-36H,21-22H2,1-16H3. The van der Waals surface area contributed by atoms with Gasteiger partial charge < -0.3 is 10.6 Å². The summed E-state index contributed by atoms with van der Waals surface area (Å²) in [5, 5.41) is 7.23. The minimum absolute atomic E-state index is 0.157. The van der Waals surface area contributed by atoms with E-state index in [1.807, 2.05) is 65.1 Å². The summed E-state index contributed by atoms with van der Waals surface area (Å²) in [7, 11) is 0. The molecule has 0 saturated carbocycles. The smallest absolute Gasteiger partial charge is 0.156 e. The molecule has 0 amide bonds. The number of benzene rings is 1. The van der Waals surface area contributed by atoms with Gasteiger partial charge in [-0.05, 0) is 80.4 Å². The Balaban J connectivity index is 2.98. The Kier molecular flexibility index (Phi) is 12.3. The van der Waals surface area contributed by atoms with Crippen LogP contribution >= 0.6 is 23.5 Å². The molecule has 0 aliphatic carbocycles. The van der Waals surface area contributed by atoms with E-state index in [4.69, 9.17) is 0 Å². The zero-order valence-electron chi connectivity index (χ0n) is 28.5. The van der Waals surface area contributed by atoms with Crippen LogP contribution in [0.4, 0.5) is 0 Å². The third-order valence-corrected chi connectivity index (χ3v) is 9.71. The Morgan fingerprint density at radius 3 is 1.00 bits per heavy atom. The van der Waals surface area contributed by atoms with Crippen molar-refractivity contribution in [2.24, 2.45) is 10.8 Å². The first-order valence-electron chi connectivity index (χ1n) is 14.7. The third kappa shape index (κ3) is 12.2. The number of hydrogen-bond donors (Lipinski definition) is 2. The predicted octanol–water partition coefficient (Wildman–Crippen LogP) is 8.45. The summed E-state index contributed by atoms with van der Waals surface area (Å²) in [6, 6.07) is 8.31. The second kappa shape index (κ2) is 13.2. The lowest BCUT2D eigenvalue weighted by Crippen LogP contribution is -2.59. The Labute approximate surface area is 255 Å². The van der Waals surface area contributed by atoms with Crippen LogP contribution in [0.5, 0.6) is 0 Å². The highest BCUT2D eigenvalue weighted by molar-refractivity contribution is 8.00. The van der Waals surface area contributed by atoms with E-state index in [0.717, 1.165) is 11.5 Å². The fourth-order valence-corrected chi connectivity index (χ4v) is 6.41. The van der Waals surface area contributed by atoms with E-state index < -0.39 is 10.8 Å². The first-order chi connectivity index (χ1) is 17.7. The van der Waals surface area contributed by atoms with Crippen molar-refractivity contribution in [1.29, 1.82) is 0 Å². The highest BCUT2D eigenvalue weighted by atomic mass is 32.2. The number of ketones is 2. The minimum Gasteiger partial charge on any atom is -0.302 e. The Hall–Kier alpha value is -0.820. The molecule has 0 heterocycles. The number of rotatable bonds is 12. The van der Waals surface area contributed by atoms with Crippen molar-refractivity contribution in [2.75, 3.05) is 0 Å². The average molecular weight is 593 g/mol. The second-order valence-corrected chi connectivity index (χ2v) is 19.7. The summed E-state index contributed by atoms with van der Waals surface area (Å²) < 4.78 is -0.546. The summed E-state index contributed by atoms with van der Waals surface area (Å²) in [5.74, 6) is 2.17. The van der Waals surface area contributed by atoms with E-state index in [-0.39, 0.29) is 44.2 Å². The van der Waals surface area contributed by atoms with Crippen LogP contribution < -0.4 is 10.6 Å².